The van der Waals surface area contributed by atoms with Crippen LogP contribution in [0.3, 0.4) is 0 Å². The quantitative estimate of drug-likeness (QED) is 0.771. The zero-order chi connectivity index (χ0) is 18.8. The first-order valence-corrected chi connectivity index (χ1v) is 8.45. The average molecular weight is 349 g/mol. The molecule has 1 fully saturated rings. The van der Waals surface area contributed by atoms with Gasteiger partial charge in [-0.05, 0) is 33.6 Å². The molecule has 4 atom stereocenters. The van der Waals surface area contributed by atoms with Crippen LogP contribution in [0.2, 0.25) is 0 Å². The van der Waals surface area contributed by atoms with Crippen molar-refractivity contribution in [2.45, 2.75) is 64.1 Å². The maximum atomic E-state index is 11.4. The highest BCUT2D eigenvalue weighted by Crippen LogP contribution is 2.57. The summed E-state index contributed by atoms with van der Waals surface area (Å²) in [5.41, 5.74) is -4.26. The van der Waals surface area contributed by atoms with Crippen molar-refractivity contribution in [2.24, 2.45) is 5.92 Å². The Bertz CT molecular complexity index is 813. The molecule has 0 amide bonds. The minimum Gasteiger partial charge on any atom is -0.384 e. The summed E-state index contributed by atoms with van der Waals surface area (Å²) in [6, 6.07) is 0. The minimum absolute atomic E-state index is 0.0342. The number of fused-ring (bicyclic) bond motifs is 1. The first-order chi connectivity index (χ1) is 11.4. The number of rotatable bonds is 3. The number of anilines is 1. The molecule has 8 nitrogen and oxygen atoms in total. The SMILES string of the molecule is CNc1ncnc2c1ncn2C1(C)OC(C)(C(C)C)C(C)(O)C1(C)O. The van der Waals surface area contributed by atoms with Crippen LogP contribution in [-0.4, -0.2) is 53.6 Å². The molecule has 3 N–H and O–H groups in total. The summed E-state index contributed by atoms with van der Waals surface area (Å²) < 4.78 is 8.07. The van der Waals surface area contributed by atoms with Gasteiger partial charge in [-0.1, -0.05) is 13.8 Å². The van der Waals surface area contributed by atoms with Crippen molar-refractivity contribution in [1.29, 1.82) is 0 Å². The van der Waals surface area contributed by atoms with Crippen LogP contribution in [-0.2, 0) is 10.5 Å². The summed E-state index contributed by atoms with van der Waals surface area (Å²) in [7, 11) is 1.76. The third-order valence-corrected chi connectivity index (χ3v) is 6.36. The number of hydrogen-bond acceptors (Lipinski definition) is 7. The van der Waals surface area contributed by atoms with Gasteiger partial charge in [-0.2, -0.15) is 0 Å². The molecule has 1 aliphatic rings. The fourth-order valence-corrected chi connectivity index (χ4v) is 3.84. The van der Waals surface area contributed by atoms with Crippen LogP contribution in [0.5, 0.6) is 0 Å². The molecule has 1 saturated heterocycles. The molecule has 0 saturated carbocycles. The number of nitrogens with one attached hydrogen (secondary N) is 1. The molecule has 2 aromatic rings. The Morgan fingerprint density at radius 1 is 1.08 bits per heavy atom. The summed E-state index contributed by atoms with van der Waals surface area (Å²) in [4.78, 5) is 12.9. The Morgan fingerprint density at radius 2 is 1.72 bits per heavy atom. The van der Waals surface area contributed by atoms with Crippen molar-refractivity contribution in [1.82, 2.24) is 19.5 Å². The van der Waals surface area contributed by atoms with Gasteiger partial charge in [0.25, 0.3) is 0 Å². The normalized spacial score (nSPS) is 38.6. The topological polar surface area (TPSA) is 105 Å². The highest BCUT2D eigenvalue weighted by atomic mass is 16.6. The fourth-order valence-electron chi connectivity index (χ4n) is 3.84. The molecular weight excluding hydrogens is 322 g/mol. The standard InChI is InChI=1S/C17H27N5O3/c1-10(2)14(3)15(4,23)16(5,24)17(6,25-14)22-9-21-11-12(18-7)19-8-20-13(11)22/h8-10,23-24H,1-7H3,(H,18,19,20). The van der Waals surface area contributed by atoms with E-state index in [1.165, 1.54) is 6.33 Å². The van der Waals surface area contributed by atoms with Crippen LogP contribution in [0.25, 0.3) is 11.2 Å². The summed E-state index contributed by atoms with van der Waals surface area (Å²) in [6.07, 6.45) is 3.00. The van der Waals surface area contributed by atoms with Gasteiger partial charge in [0.15, 0.2) is 22.7 Å². The van der Waals surface area contributed by atoms with Crippen molar-refractivity contribution < 1.29 is 14.9 Å². The molecule has 3 rings (SSSR count). The Hall–Kier alpha value is -1.77. The van der Waals surface area contributed by atoms with E-state index < -0.39 is 22.5 Å². The smallest absolute Gasteiger partial charge is 0.176 e. The summed E-state index contributed by atoms with van der Waals surface area (Å²) in [6.45, 7) is 10.7. The van der Waals surface area contributed by atoms with E-state index in [0.29, 0.717) is 17.0 Å². The Balaban J connectivity index is 2.27. The van der Waals surface area contributed by atoms with E-state index in [0.717, 1.165) is 0 Å². The molecule has 0 aliphatic carbocycles. The first kappa shape index (κ1) is 18.0. The van der Waals surface area contributed by atoms with E-state index >= 15 is 0 Å². The highest BCUT2D eigenvalue weighted by Gasteiger charge is 2.73. The minimum atomic E-state index is -1.60. The van der Waals surface area contributed by atoms with Crippen LogP contribution < -0.4 is 5.32 Å². The zero-order valence-corrected chi connectivity index (χ0v) is 15.8. The van der Waals surface area contributed by atoms with Gasteiger partial charge in [-0.3, -0.25) is 4.57 Å². The van der Waals surface area contributed by atoms with Crippen LogP contribution in [0, 0.1) is 5.92 Å². The number of hydrogen-bond donors (Lipinski definition) is 3. The zero-order valence-electron chi connectivity index (χ0n) is 15.8. The van der Waals surface area contributed by atoms with Crippen LogP contribution in [0.1, 0.15) is 41.5 Å². The van der Waals surface area contributed by atoms with Gasteiger partial charge in [0.1, 0.15) is 23.1 Å². The van der Waals surface area contributed by atoms with Crippen molar-refractivity contribution >= 4 is 17.0 Å². The number of ether oxygens (including phenoxy) is 1. The lowest BCUT2D eigenvalue weighted by Crippen LogP contribution is -2.63. The monoisotopic (exact) mass is 349 g/mol. The third-order valence-electron chi connectivity index (χ3n) is 6.36. The van der Waals surface area contributed by atoms with Crippen LogP contribution in [0.4, 0.5) is 5.82 Å². The van der Waals surface area contributed by atoms with Crippen LogP contribution in [0.15, 0.2) is 12.7 Å². The highest BCUT2D eigenvalue weighted by molar-refractivity contribution is 5.82. The second-order valence-electron chi connectivity index (χ2n) is 7.75. The fraction of sp³-hybridized carbons (Fsp3) is 0.706. The van der Waals surface area contributed by atoms with Gasteiger partial charge >= 0.3 is 0 Å². The van der Waals surface area contributed by atoms with Crippen molar-refractivity contribution in [2.75, 3.05) is 12.4 Å². The van der Waals surface area contributed by atoms with E-state index in [1.807, 2.05) is 20.8 Å². The second-order valence-corrected chi connectivity index (χ2v) is 7.75. The van der Waals surface area contributed by atoms with E-state index in [4.69, 9.17) is 4.74 Å². The molecule has 138 valence electrons. The van der Waals surface area contributed by atoms with Crippen LogP contribution >= 0.6 is 0 Å². The van der Waals surface area contributed by atoms with Gasteiger partial charge in [-0.15, -0.1) is 0 Å². The third kappa shape index (κ3) is 1.95. The average Bonchev–Trinajstić information content (AvgIpc) is 3.01. The molecule has 0 spiro atoms. The van der Waals surface area contributed by atoms with Gasteiger partial charge in [0.2, 0.25) is 0 Å². The molecule has 4 unspecified atom stereocenters. The van der Waals surface area contributed by atoms with E-state index in [9.17, 15) is 10.2 Å². The van der Waals surface area contributed by atoms with E-state index in [-0.39, 0.29) is 5.92 Å². The molecule has 1 aliphatic heterocycles. The molecule has 0 radical (unpaired) electrons. The summed E-state index contributed by atoms with van der Waals surface area (Å²) >= 11 is 0. The Kier molecular flexibility index (Phi) is 3.69. The van der Waals surface area contributed by atoms with E-state index in [1.54, 1.807) is 38.7 Å². The molecule has 2 aromatic heterocycles. The lowest BCUT2D eigenvalue weighted by Gasteiger charge is -2.43. The van der Waals surface area contributed by atoms with Crippen molar-refractivity contribution in [3.63, 3.8) is 0 Å². The molecule has 8 heteroatoms. The maximum Gasteiger partial charge on any atom is 0.176 e. The number of aliphatic hydroxyl groups is 2. The first-order valence-electron chi connectivity index (χ1n) is 8.45. The number of nitrogens with zero attached hydrogens (tertiary/aromatic N) is 4. The molecular formula is C17H27N5O3. The molecule has 0 bridgehead atoms. The summed E-state index contributed by atoms with van der Waals surface area (Å²) in [5, 5.41) is 25.6. The van der Waals surface area contributed by atoms with Gasteiger partial charge in [0, 0.05) is 7.05 Å². The van der Waals surface area contributed by atoms with Gasteiger partial charge in [0.05, 0.1) is 6.33 Å². The molecule has 0 aromatic carbocycles. The molecule has 3 heterocycles. The predicted octanol–water partition coefficient (Wildman–Crippen LogP) is 1.49. The van der Waals surface area contributed by atoms with E-state index in [2.05, 4.69) is 20.3 Å². The predicted molar refractivity (Wildman–Crippen MR) is 94.1 cm³/mol. The lowest BCUT2D eigenvalue weighted by molar-refractivity contribution is -0.194. The second kappa shape index (κ2) is 5.12. The van der Waals surface area contributed by atoms with Crippen molar-refractivity contribution in [3.05, 3.63) is 12.7 Å². The lowest BCUT2D eigenvalue weighted by atomic mass is 9.69. The number of imidazole rings is 1. The largest absolute Gasteiger partial charge is 0.384 e. The Morgan fingerprint density at radius 3 is 2.24 bits per heavy atom. The van der Waals surface area contributed by atoms with Crippen molar-refractivity contribution in [3.8, 4) is 0 Å². The number of aromatic nitrogens is 4. The maximum absolute atomic E-state index is 11.4. The summed E-state index contributed by atoms with van der Waals surface area (Å²) in [5.74, 6) is 0.552. The Labute approximate surface area is 147 Å². The molecule has 25 heavy (non-hydrogen) atoms. The van der Waals surface area contributed by atoms with Gasteiger partial charge in [-0.25, -0.2) is 15.0 Å². The van der Waals surface area contributed by atoms with Gasteiger partial charge < -0.3 is 20.3 Å².